The Bertz CT molecular complexity index is 800. The first kappa shape index (κ1) is 18.2. The first-order chi connectivity index (χ1) is 12.5. The Hall–Kier alpha value is -2.58. The van der Waals surface area contributed by atoms with Crippen molar-refractivity contribution < 1.29 is 4.79 Å². The van der Waals surface area contributed by atoms with Gasteiger partial charge in [0.2, 0.25) is 5.91 Å². The van der Waals surface area contributed by atoms with Gasteiger partial charge in [0.25, 0.3) is 0 Å². The van der Waals surface area contributed by atoms with Gasteiger partial charge in [-0.05, 0) is 43.5 Å². The largest absolute Gasteiger partial charge is 0.340 e. The highest BCUT2D eigenvalue weighted by atomic mass is 16.2. The fraction of sp³-hybridized carbons (Fsp3) is 0.429. The van der Waals surface area contributed by atoms with Crippen molar-refractivity contribution in [3.63, 3.8) is 0 Å². The van der Waals surface area contributed by atoms with Crippen molar-refractivity contribution in [2.75, 3.05) is 13.6 Å². The van der Waals surface area contributed by atoms with E-state index >= 15 is 0 Å². The molecule has 0 radical (unpaired) electrons. The summed E-state index contributed by atoms with van der Waals surface area (Å²) in [5, 5.41) is 3.15. The minimum atomic E-state index is -0.165. The molecule has 0 spiro atoms. The van der Waals surface area contributed by atoms with Crippen LogP contribution >= 0.6 is 0 Å². The van der Waals surface area contributed by atoms with E-state index in [0.717, 1.165) is 42.0 Å². The summed E-state index contributed by atoms with van der Waals surface area (Å²) in [4.78, 5) is 22.9. The predicted octanol–water partition coefficient (Wildman–Crippen LogP) is 2.97. The van der Waals surface area contributed by atoms with Crippen molar-refractivity contribution in [2.24, 2.45) is 5.92 Å². The Kier molecular flexibility index (Phi) is 5.43. The van der Waals surface area contributed by atoms with Crippen molar-refractivity contribution >= 4 is 5.91 Å². The molecular formula is C21H26N4O. The molecule has 5 heteroatoms. The van der Waals surface area contributed by atoms with E-state index in [1.165, 1.54) is 0 Å². The number of amides is 1. The third-order valence-corrected chi connectivity index (χ3v) is 5.05. The molecule has 2 N–H and O–H groups in total. The molecule has 1 saturated heterocycles. The van der Waals surface area contributed by atoms with Crippen molar-refractivity contribution in [2.45, 2.75) is 38.8 Å². The lowest BCUT2D eigenvalue weighted by atomic mass is 10.0. The molecule has 1 fully saturated rings. The minimum Gasteiger partial charge on any atom is -0.340 e. The predicted molar refractivity (Wildman–Crippen MR) is 103 cm³/mol. The first-order valence-electron chi connectivity index (χ1n) is 9.14. The molecule has 1 aliphatic rings. The van der Waals surface area contributed by atoms with Crippen LogP contribution in [0.5, 0.6) is 0 Å². The third kappa shape index (κ3) is 3.51. The molecule has 136 valence electrons. The monoisotopic (exact) mass is 350 g/mol. The number of benzene rings is 1. The standard InChI is InChI=1S/C21H26N4O/c1-5-15-8-10-16(11-9-15)17-13-23-20(24-17)18-7-6-12-25(18)21(26)19(22-4)14(2)3/h1,8-11,13-14,18-19,22H,6-7,12H2,2-4H3,(H,23,24). The summed E-state index contributed by atoms with van der Waals surface area (Å²) in [5.41, 5.74) is 2.83. The van der Waals surface area contributed by atoms with Crippen LogP contribution in [-0.4, -0.2) is 40.4 Å². The second kappa shape index (κ2) is 7.76. The number of carbonyl (C=O) groups excluding carboxylic acids is 1. The van der Waals surface area contributed by atoms with Crippen molar-refractivity contribution in [3.05, 3.63) is 41.9 Å². The van der Waals surface area contributed by atoms with E-state index in [2.05, 4.69) is 35.1 Å². The fourth-order valence-electron chi connectivity index (χ4n) is 3.63. The molecule has 2 atom stereocenters. The van der Waals surface area contributed by atoms with E-state index in [1.54, 1.807) is 0 Å². The van der Waals surface area contributed by atoms with Gasteiger partial charge in [-0.1, -0.05) is 31.9 Å². The topological polar surface area (TPSA) is 61.0 Å². The normalized spacial score (nSPS) is 18.1. The summed E-state index contributed by atoms with van der Waals surface area (Å²) < 4.78 is 0. The fourth-order valence-corrected chi connectivity index (χ4v) is 3.63. The number of aromatic nitrogens is 2. The number of likely N-dealkylation sites (N-methyl/N-ethyl adjacent to an activating group) is 1. The van der Waals surface area contributed by atoms with Crippen LogP contribution in [0, 0.1) is 18.3 Å². The number of terminal acetylenes is 1. The highest BCUT2D eigenvalue weighted by Crippen LogP contribution is 2.32. The number of nitrogens with zero attached hydrogens (tertiary/aromatic N) is 2. The molecule has 0 bridgehead atoms. The summed E-state index contributed by atoms with van der Waals surface area (Å²) in [6, 6.07) is 7.65. The maximum atomic E-state index is 13.0. The summed E-state index contributed by atoms with van der Waals surface area (Å²) >= 11 is 0. The van der Waals surface area contributed by atoms with Crippen LogP contribution in [0.25, 0.3) is 11.3 Å². The van der Waals surface area contributed by atoms with Crippen molar-refractivity contribution in [1.29, 1.82) is 0 Å². The molecule has 2 unspecified atom stereocenters. The van der Waals surface area contributed by atoms with Crippen LogP contribution in [0.1, 0.15) is 44.1 Å². The van der Waals surface area contributed by atoms with Gasteiger partial charge in [-0.2, -0.15) is 0 Å². The van der Waals surface area contributed by atoms with Gasteiger partial charge in [0.1, 0.15) is 5.82 Å². The lowest BCUT2D eigenvalue weighted by molar-refractivity contribution is -0.135. The number of H-pyrrole nitrogens is 1. The number of hydrogen-bond donors (Lipinski definition) is 2. The molecule has 1 amide bonds. The Labute approximate surface area is 155 Å². The van der Waals surface area contributed by atoms with Gasteiger partial charge >= 0.3 is 0 Å². The first-order valence-corrected chi connectivity index (χ1v) is 9.14. The van der Waals surface area contributed by atoms with E-state index in [0.29, 0.717) is 0 Å². The summed E-state index contributed by atoms with van der Waals surface area (Å²) in [7, 11) is 1.85. The van der Waals surface area contributed by atoms with Crippen LogP contribution in [0.2, 0.25) is 0 Å². The molecule has 0 saturated carbocycles. The number of aromatic amines is 1. The number of imidazole rings is 1. The SMILES string of the molecule is C#Cc1ccc(-c2cnc(C3CCCN3C(=O)C(NC)C(C)C)[nH]2)cc1. The second-order valence-corrected chi connectivity index (χ2v) is 7.10. The minimum absolute atomic E-state index is 0.0100. The highest BCUT2D eigenvalue weighted by Gasteiger charge is 2.35. The van der Waals surface area contributed by atoms with E-state index in [1.807, 2.05) is 42.4 Å². The molecule has 5 nitrogen and oxygen atoms in total. The summed E-state index contributed by atoms with van der Waals surface area (Å²) in [6.45, 7) is 4.91. The Morgan fingerprint density at radius 2 is 2.12 bits per heavy atom. The van der Waals surface area contributed by atoms with Gasteiger partial charge in [0, 0.05) is 12.1 Å². The highest BCUT2D eigenvalue weighted by molar-refractivity contribution is 5.82. The molecule has 1 aromatic carbocycles. The molecule has 2 aromatic rings. The van der Waals surface area contributed by atoms with Crippen molar-refractivity contribution in [1.82, 2.24) is 20.2 Å². The lowest BCUT2D eigenvalue weighted by Gasteiger charge is -2.29. The number of nitrogens with one attached hydrogen (secondary N) is 2. The quantitative estimate of drug-likeness (QED) is 0.815. The maximum absolute atomic E-state index is 13.0. The van der Waals surface area contributed by atoms with Gasteiger partial charge in [-0.15, -0.1) is 6.42 Å². The Balaban J connectivity index is 1.81. The van der Waals surface area contributed by atoms with E-state index < -0.39 is 0 Å². The van der Waals surface area contributed by atoms with Crippen LogP contribution in [-0.2, 0) is 4.79 Å². The zero-order valence-corrected chi connectivity index (χ0v) is 15.6. The molecule has 1 aromatic heterocycles. The van der Waals surface area contributed by atoms with E-state index in [4.69, 9.17) is 6.42 Å². The smallest absolute Gasteiger partial charge is 0.240 e. The second-order valence-electron chi connectivity index (χ2n) is 7.10. The number of carbonyl (C=O) groups is 1. The van der Waals surface area contributed by atoms with Crippen molar-refractivity contribution in [3.8, 4) is 23.6 Å². The van der Waals surface area contributed by atoms with Gasteiger partial charge in [-0.25, -0.2) is 4.98 Å². The average molecular weight is 350 g/mol. The van der Waals surface area contributed by atoms with Gasteiger partial charge in [0.15, 0.2) is 0 Å². The summed E-state index contributed by atoms with van der Waals surface area (Å²) in [5.74, 6) is 3.88. The number of likely N-dealkylation sites (tertiary alicyclic amines) is 1. The molecule has 3 rings (SSSR count). The van der Waals surface area contributed by atoms with E-state index in [-0.39, 0.29) is 23.9 Å². The molecule has 2 heterocycles. The van der Waals surface area contributed by atoms with Crippen LogP contribution in [0.15, 0.2) is 30.5 Å². The zero-order chi connectivity index (χ0) is 18.7. The lowest BCUT2D eigenvalue weighted by Crippen LogP contribution is -2.47. The van der Waals surface area contributed by atoms with Crippen LogP contribution < -0.4 is 5.32 Å². The van der Waals surface area contributed by atoms with Gasteiger partial charge in [0.05, 0.1) is 24.0 Å². The molecule has 0 aliphatic carbocycles. The van der Waals surface area contributed by atoms with Crippen LogP contribution in [0.3, 0.4) is 0 Å². The third-order valence-electron chi connectivity index (χ3n) is 5.05. The maximum Gasteiger partial charge on any atom is 0.240 e. The van der Waals surface area contributed by atoms with Gasteiger partial charge < -0.3 is 15.2 Å². The number of rotatable bonds is 5. The summed E-state index contributed by atoms with van der Waals surface area (Å²) in [6.07, 6.45) is 9.18. The molecular weight excluding hydrogens is 324 g/mol. The Morgan fingerprint density at radius 3 is 2.73 bits per heavy atom. The van der Waals surface area contributed by atoms with Crippen LogP contribution in [0.4, 0.5) is 0 Å². The molecule has 1 aliphatic heterocycles. The molecule has 26 heavy (non-hydrogen) atoms. The zero-order valence-electron chi connectivity index (χ0n) is 15.6. The van der Waals surface area contributed by atoms with Gasteiger partial charge in [-0.3, -0.25) is 4.79 Å². The Morgan fingerprint density at radius 1 is 1.38 bits per heavy atom. The van der Waals surface area contributed by atoms with E-state index in [9.17, 15) is 4.79 Å². The average Bonchev–Trinajstić information content (AvgIpc) is 3.31. The number of hydrogen-bond acceptors (Lipinski definition) is 3.